The van der Waals surface area contributed by atoms with Crippen LogP contribution in [0.4, 0.5) is 5.69 Å². The third-order valence-corrected chi connectivity index (χ3v) is 5.95. The minimum absolute atomic E-state index is 0.0740. The normalized spacial score (nSPS) is 11.1. The van der Waals surface area contributed by atoms with E-state index in [0.717, 1.165) is 28.7 Å². The second kappa shape index (κ2) is 10.3. The Morgan fingerprint density at radius 2 is 1.88 bits per heavy atom. The molecule has 0 aliphatic rings. The van der Waals surface area contributed by atoms with Gasteiger partial charge in [-0.05, 0) is 40.5 Å². The molecule has 0 spiro atoms. The number of aromatic nitrogens is 1. The van der Waals surface area contributed by atoms with Crippen LogP contribution in [0.3, 0.4) is 0 Å². The summed E-state index contributed by atoms with van der Waals surface area (Å²) in [6, 6.07) is 22.3. The fourth-order valence-corrected chi connectivity index (χ4v) is 4.14. The number of ether oxygens (including phenoxy) is 1. The fraction of sp³-hybridized carbons (Fsp3) is 0.120. The monoisotopic (exact) mass is 520 g/mol. The maximum Gasteiger partial charge on any atom is 0.277 e. The number of nitrogens with zero attached hydrogens (tertiary/aromatic N) is 3. The quantitative estimate of drug-likeness (QED) is 0.196. The van der Waals surface area contributed by atoms with Crippen molar-refractivity contribution < 1.29 is 14.5 Å². The van der Waals surface area contributed by atoms with Gasteiger partial charge in [-0.25, -0.2) is 5.43 Å². The van der Waals surface area contributed by atoms with E-state index in [4.69, 9.17) is 4.74 Å². The van der Waals surface area contributed by atoms with Gasteiger partial charge >= 0.3 is 0 Å². The Morgan fingerprint density at radius 1 is 1.15 bits per heavy atom. The molecular formula is C25H21BrN4O4. The number of rotatable bonds is 8. The molecule has 1 aromatic heterocycles. The van der Waals surface area contributed by atoms with Crippen LogP contribution in [0, 0.1) is 17.0 Å². The van der Waals surface area contributed by atoms with Crippen LogP contribution in [0.5, 0.6) is 5.75 Å². The van der Waals surface area contributed by atoms with Crippen molar-refractivity contribution >= 4 is 44.6 Å². The largest absolute Gasteiger partial charge is 0.483 e. The molecule has 0 aliphatic heterocycles. The predicted molar refractivity (Wildman–Crippen MR) is 134 cm³/mol. The highest BCUT2D eigenvalue weighted by Crippen LogP contribution is 2.29. The Balaban J connectivity index is 1.45. The van der Waals surface area contributed by atoms with Crippen LogP contribution >= 0.6 is 15.9 Å². The second-order valence-electron chi connectivity index (χ2n) is 7.54. The van der Waals surface area contributed by atoms with Gasteiger partial charge in [0.2, 0.25) is 0 Å². The molecule has 0 aliphatic carbocycles. The summed E-state index contributed by atoms with van der Waals surface area (Å²) in [5.74, 6) is -0.128. The summed E-state index contributed by atoms with van der Waals surface area (Å²) in [7, 11) is 0. The van der Waals surface area contributed by atoms with Crippen molar-refractivity contribution in [2.45, 2.75) is 13.5 Å². The van der Waals surface area contributed by atoms with Crippen molar-refractivity contribution in [3.8, 4) is 5.75 Å². The lowest BCUT2D eigenvalue weighted by Gasteiger charge is -2.08. The van der Waals surface area contributed by atoms with Crippen molar-refractivity contribution in [3.63, 3.8) is 0 Å². The van der Waals surface area contributed by atoms with Crippen LogP contribution in [0.15, 0.2) is 82.4 Å². The Labute approximate surface area is 204 Å². The molecule has 0 radical (unpaired) electrons. The molecule has 34 heavy (non-hydrogen) atoms. The van der Waals surface area contributed by atoms with Crippen LogP contribution in [-0.4, -0.2) is 28.2 Å². The lowest BCUT2D eigenvalue weighted by Crippen LogP contribution is -2.24. The zero-order valence-corrected chi connectivity index (χ0v) is 19.9. The molecule has 0 bridgehead atoms. The molecule has 1 heterocycles. The lowest BCUT2D eigenvalue weighted by molar-refractivity contribution is -0.384. The third-order valence-electron chi connectivity index (χ3n) is 5.33. The molecule has 3 aromatic carbocycles. The van der Waals surface area contributed by atoms with Crippen LogP contribution < -0.4 is 10.2 Å². The molecule has 1 N–H and O–H groups in total. The number of nitro groups is 1. The van der Waals surface area contributed by atoms with Gasteiger partial charge in [0.25, 0.3) is 11.6 Å². The van der Waals surface area contributed by atoms with Crippen molar-refractivity contribution in [2.24, 2.45) is 5.10 Å². The van der Waals surface area contributed by atoms with Crippen LogP contribution in [0.1, 0.15) is 16.8 Å². The highest BCUT2D eigenvalue weighted by Gasteiger charge is 2.14. The highest BCUT2D eigenvalue weighted by atomic mass is 79.9. The van der Waals surface area contributed by atoms with E-state index in [2.05, 4.69) is 49.2 Å². The van der Waals surface area contributed by atoms with Gasteiger partial charge in [0, 0.05) is 40.8 Å². The number of amides is 1. The second-order valence-corrected chi connectivity index (χ2v) is 8.40. The first-order chi connectivity index (χ1) is 16.4. The number of nitro benzene ring substituents is 1. The van der Waals surface area contributed by atoms with Gasteiger partial charge in [0.05, 0.1) is 15.6 Å². The first-order valence-corrected chi connectivity index (χ1v) is 11.2. The number of halogens is 1. The maximum atomic E-state index is 12.2. The number of fused-ring (bicyclic) bond motifs is 1. The third kappa shape index (κ3) is 5.15. The summed E-state index contributed by atoms with van der Waals surface area (Å²) in [6.45, 7) is 2.47. The molecule has 0 atom stereocenters. The van der Waals surface area contributed by atoms with Gasteiger partial charge < -0.3 is 9.30 Å². The van der Waals surface area contributed by atoms with Crippen molar-refractivity contribution in [1.29, 1.82) is 0 Å². The zero-order valence-electron chi connectivity index (χ0n) is 18.3. The molecule has 0 saturated carbocycles. The Hall–Kier alpha value is -3.98. The number of hydrogen-bond donors (Lipinski definition) is 1. The van der Waals surface area contributed by atoms with Crippen LogP contribution in [0.25, 0.3) is 10.9 Å². The highest BCUT2D eigenvalue weighted by molar-refractivity contribution is 9.10. The molecular weight excluding hydrogens is 500 g/mol. The standard InChI is InChI=1S/C25H21BrN4O4/c1-17-21(20-9-5-6-10-23(20)29(17)15-18-7-3-2-4-8-18)14-27-28-25(31)16-34-24-12-11-19(30(32)33)13-22(24)26/h2-14H,15-16H2,1H3,(H,28,31). The van der Waals surface area contributed by atoms with Crippen molar-refractivity contribution in [3.05, 3.63) is 104 Å². The molecule has 0 unspecified atom stereocenters. The summed E-state index contributed by atoms with van der Waals surface area (Å²) < 4.78 is 8.06. The number of carbonyl (C=O) groups is 1. The van der Waals surface area contributed by atoms with E-state index >= 15 is 0 Å². The summed E-state index contributed by atoms with van der Waals surface area (Å²) in [6.07, 6.45) is 1.64. The topological polar surface area (TPSA) is 98.8 Å². The number of non-ortho nitro benzene ring substituents is 1. The van der Waals surface area contributed by atoms with Crippen LogP contribution in [-0.2, 0) is 11.3 Å². The Bertz CT molecular complexity index is 1380. The Kier molecular flexibility index (Phi) is 7.03. The summed E-state index contributed by atoms with van der Waals surface area (Å²) in [4.78, 5) is 22.5. The molecule has 172 valence electrons. The minimum Gasteiger partial charge on any atom is -0.483 e. The number of benzene rings is 3. The molecule has 0 saturated heterocycles. The van der Waals surface area contributed by atoms with E-state index in [1.54, 1.807) is 6.21 Å². The van der Waals surface area contributed by atoms with Gasteiger partial charge in [-0.1, -0.05) is 48.5 Å². The van der Waals surface area contributed by atoms with Gasteiger partial charge in [0.15, 0.2) is 6.61 Å². The minimum atomic E-state index is -0.505. The van der Waals surface area contributed by atoms with E-state index in [1.807, 2.05) is 43.3 Å². The fourth-order valence-electron chi connectivity index (χ4n) is 3.66. The van der Waals surface area contributed by atoms with Crippen molar-refractivity contribution in [2.75, 3.05) is 6.61 Å². The summed E-state index contributed by atoms with van der Waals surface area (Å²) in [5, 5.41) is 16.0. The predicted octanol–water partition coefficient (Wildman–Crippen LogP) is 5.20. The number of para-hydroxylation sites is 1. The van der Waals surface area contributed by atoms with Gasteiger partial charge in [-0.3, -0.25) is 14.9 Å². The van der Waals surface area contributed by atoms with Gasteiger partial charge in [0.1, 0.15) is 5.75 Å². The molecule has 9 heteroatoms. The molecule has 4 rings (SSSR count). The molecule has 8 nitrogen and oxygen atoms in total. The van der Waals surface area contributed by atoms with Crippen molar-refractivity contribution in [1.82, 2.24) is 9.99 Å². The molecule has 1 amide bonds. The Morgan fingerprint density at radius 3 is 2.62 bits per heavy atom. The van der Waals surface area contributed by atoms with E-state index in [9.17, 15) is 14.9 Å². The average Bonchev–Trinajstić information content (AvgIpc) is 3.10. The average molecular weight is 521 g/mol. The van der Waals surface area contributed by atoms with Gasteiger partial charge in [-0.2, -0.15) is 5.10 Å². The molecule has 4 aromatic rings. The smallest absolute Gasteiger partial charge is 0.277 e. The summed E-state index contributed by atoms with van der Waals surface area (Å²) >= 11 is 3.21. The number of carbonyl (C=O) groups excluding carboxylic acids is 1. The number of hydrazone groups is 1. The lowest BCUT2D eigenvalue weighted by atomic mass is 10.1. The first-order valence-electron chi connectivity index (χ1n) is 10.4. The van der Waals surface area contributed by atoms with E-state index < -0.39 is 10.8 Å². The zero-order chi connectivity index (χ0) is 24.1. The van der Waals surface area contributed by atoms with E-state index in [-0.39, 0.29) is 12.3 Å². The maximum absolute atomic E-state index is 12.2. The van der Waals surface area contributed by atoms with E-state index in [0.29, 0.717) is 10.2 Å². The van der Waals surface area contributed by atoms with E-state index in [1.165, 1.54) is 23.8 Å². The number of nitrogens with one attached hydrogen (secondary N) is 1. The SMILES string of the molecule is Cc1c(C=NNC(=O)COc2ccc([N+](=O)[O-])cc2Br)c2ccccc2n1Cc1ccccc1. The number of hydrogen-bond acceptors (Lipinski definition) is 5. The van der Waals surface area contributed by atoms with Crippen LogP contribution in [0.2, 0.25) is 0 Å². The first kappa shape index (κ1) is 23.2. The summed E-state index contributed by atoms with van der Waals surface area (Å²) in [5.41, 5.74) is 6.64. The molecule has 0 fully saturated rings. The van der Waals surface area contributed by atoms with Gasteiger partial charge in [-0.15, -0.1) is 0 Å².